The first kappa shape index (κ1) is 11.9. The van der Waals surface area contributed by atoms with Crippen LogP contribution in [0.3, 0.4) is 0 Å². The Morgan fingerprint density at radius 2 is 1.88 bits per heavy atom. The van der Waals surface area contributed by atoms with Gasteiger partial charge in [0.15, 0.2) is 0 Å². The van der Waals surface area contributed by atoms with E-state index in [0.29, 0.717) is 6.61 Å². The summed E-state index contributed by atoms with van der Waals surface area (Å²) in [5.41, 5.74) is -0.243. The van der Waals surface area contributed by atoms with Crippen molar-refractivity contribution in [3.05, 3.63) is 0 Å². The Labute approximate surface area is 102 Å². The number of nitrogens with one attached hydrogen (secondary N) is 2. The first-order valence-corrected chi connectivity index (χ1v) is 8.03. The lowest BCUT2D eigenvalue weighted by Crippen LogP contribution is -2.55. The van der Waals surface area contributed by atoms with Crippen LogP contribution in [-0.4, -0.2) is 45.0 Å². The largest absolute Gasteiger partial charge is 0.373 e. The van der Waals surface area contributed by atoms with E-state index < -0.39 is 10.0 Å². The van der Waals surface area contributed by atoms with E-state index in [1.165, 1.54) is 0 Å². The molecule has 2 saturated heterocycles. The number of ether oxygens (including phenoxy) is 1. The first-order valence-electron chi connectivity index (χ1n) is 6.48. The van der Waals surface area contributed by atoms with Crippen molar-refractivity contribution in [3.8, 4) is 0 Å². The molecule has 1 unspecified atom stereocenters. The molecular weight excluding hydrogens is 240 g/mol. The van der Waals surface area contributed by atoms with Crippen LogP contribution in [-0.2, 0) is 14.8 Å². The van der Waals surface area contributed by atoms with Gasteiger partial charge in [-0.05, 0) is 45.2 Å². The van der Waals surface area contributed by atoms with Gasteiger partial charge >= 0.3 is 0 Å². The Balaban J connectivity index is 1.73. The number of sulfonamides is 1. The maximum Gasteiger partial charge on any atom is 0.214 e. The van der Waals surface area contributed by atoms with Gasteiger partial charge in [0.1, 0.15) is 0 Å². The number of piperidine rings is 1. The molecule has 17 heavy (non-hydrogen) atoms. The third-order valence-electron chi connectivity index (χ3n) is 4.15. The van der Waals surface area contributed by atoms with Gasteiger partial charge in [0.2, 0.25) is 10.0 Å². The van der Waals surface area contributed by atoms with Gasteiger partial charge in [-0.1, -0.05) is 0 Å². The fraction of sp³-hybridized carbons (Fsp3) is 1.00. The van der Waals surface area contributed by atoms with Crippen LogP contribution in [0.2, 0.25) is 0 Å². The molecule has 0 aromatic heterocycles. The molecule has 98 valence electrons. The van der Waals surface area contributed by atoms with Crippen LogP contribution in [0, 0.1) is 0 Å². The van der Waals surface area contributed by atoms with Gasteiger partial charge in [-0.25, -0.2) is 13.1 Å². The molecule has 0 bridgehead atoms. The molecule has 2 N–H and O–H groups in total. The van der Waals surface area contributed by atoms with E-state index in [-0.39, 0.29) is 16.9 Å². The van der Waals surface area contributed by atoms with E-state index >= 15 is 0 Å². The number of hydrogen-bond acceptors (Lipinski definition) is 4. The van der Waals surface area contributed by atoms with E-state index in [0.717, 1.165) is 45.2 Å². The highest BCUT2D eigenvalue weighted by Gasteiger charge is 2.48. The summed E-state index contributed by atoms with van der Waals surface area (Å²) < 4.78 is 32.8. The minimum absolute atomic E-state index is 0.0183. The predicted molar refractivity (Wildman–Crippen MR) is 64.3 cm³/mol. The van der Waals surface area contributed by atoms with E-state index in [2.05, 4.69) is 10.0 Å². The molecule has 1 spiro atoms. The van der Waals surface area contributed by atoms with Gasteiger partial charge in [0, 0.05) is 6.61 Å². The normalized spacial score (nSPS) is 33.1. The van der Waals surface area contributed by atoms with E-state index in [1.807, 2.05) is 0 Å². The molecule has 2 heterocycles. The summed E-state index contributed by atoms with van der Waals surface area (Å²) >= 11 is 0. The summed E-state index contributed by atoms with van der Waals surface area (Å²) in [5, 5.41) is 3.16. The molecule has 0 amide bonds. The van der Waals surface area contributed by atoms with Crippen LogP contribution in [0.1, 0.15) is 32.1 Å². The van der Waals surface area contributed by atoms with Crippen molar-refractivity contribution in [3.63, 3.8) is 0 Å². The Bertz CT molecular complexity index is 386. The summed E-state index contributed by atoms with van der Waals surface area (Å²) in [6, 6.07) is -0.0183. The van der Waals surface area contributed by atoms with Crippen LogP contribution in [0.15, 0.2) is 0 Å². The van der Waals surface area contributed by atoms with Crippen molar-refractivity contribution in [1.29, 1.82) is 0 Å². The summed E-state index contributed by atoms with van der Waals surface area (Å²) in [5.74, 6) is 0. The molecule has 2 aliphatic heterocycles. The molecule has 3 rings (SSSR count). The van der Waals surface area contributed by atoms with Crippen LogP contribution >= 0.6 is 0 Å². The Morgan fingerprint density at radius 1 is 1.18 bits per heavy atom. The van der Waals surface area contributed by atoms with Crippen molar-refractivity contribution in [1.82, 2.24) is 10.0 Å². The van der Waals surface area contributed by atoms with Crippen molar-refractivity contribution < 1.29 is 13.2 Å². The summed E-state index contributed by atoms with van der Waals surface area (Å²) in [7, 11) is -3.10. The molecular formula is C11H20N2O3S. The molecule has 3 aliphatic rings. The predicted octanol–water partition coefficient (Wildman–Crippen LogP) is -0.0207. The molecule has 3 fully saturated rings. The van der Waals surface area contributed by atoms with Gasteiger partial charge in [-0.3, -0.25) is 0 Å². The highest BCUT2D eigenvalue weighted by atomic mass is 32.2. The standard InChI is InChI=1S/C11H20N2O3S/c14-17(15,9-1-2-9)13-10-3-8-16-11(10)4-6-12-7-5-11/h9-10,12-13H,1-8H2. The Kier molecular flexibility index (Phi) is 2.93. The second-order valence-corrected chi connectivity index (χ2v) is 7.36. The van der Waals surface area contributed by atoms with Gasteiger partial charge < -0.3 is 10.1 Å². The van der Waals surface area contributed by atoms with Gasteiger partial charge in [0.05, 0.1) is 16.9 Å². The lowest BCUT2D eigenvalue weighted by molar-refractivity contribution is -0.0299. The van der Waals surface area contributed by atoms with Crippen molar-refractivity contribution >= 4 is 10.0 Å². The van der Waals surface area contributed by atoms with Crippen molar-refractivity contribution in [2.24, 2.45) is 0 Å². The number of hydrogen-bond donors (Lipinski definition) is 2. The monoisotopic (exact) mass is 260 g/mol. The lowest BCUT2D eigenvalue weighted by atomic mass is 9.86. The van der Waals surface area contributed by atoms with E-state index in [1.54, 1.807) is 0 Å². The summed E-state index contributed by atoms with van der Waals surface area (Å²) in [6.07, 6.45) is 4.26. The van der Waals surface area contributed by atoms with Gasteiger partial charge in [-0.15, -0.1) is 0 Å². The highest BCUT2D eigenvalue weighted by Crippen LogP contribution is 2.36. The quantitative estimate of drug-likeness (QED) is 0.748. The lowest BCUT2D eigenvalue weighted by Gasteiger charge is -2.38. The smallest absolute Gasteiger partial charge is 0.214 e. The fourth-order valence-electron chi connectivity index (χ4n) is 2.93. The molecule has 0 aromatic carbocycles. The SMILES string of the molecule is O=S(=O)(NC1CCOC12CCNCC2)C1CC1. The van der Waals surface area contributed by atoms with Gasteiger partial charge in [-0.2, -0.15) is 0 Å². The Morgan fingerprint density at radius 3 is 2.53 bits per heavy atom. The molecule has 6 heteroatoms. The zero-order valence-electron chi connectivity index (χ0n) is 9.94. The molecule has 1 saturated carbocycles. The van der Waals surface area contributed by atoms with Gasteiger partial charge in [0.25, 0.3) is 0 Å². The molecule has 1 aliphatic carbocycles. The fourth-order valence-corrected chi connectivity index (χ4v) is 4.60. The van der Waals surface area contributed by atoms with Crippen LogP contribution < -0.4 is 10.0 Å². The van der Waals surface area contributed by atoms with E-state index in [4.69, 9.17) is 4.74 Å². The average molecular weight is 260 g/mol. The number of rotatable bonds is 3. The zero-order chi connectivity index (χ0) is 11.9. The minimum Gasteiger partial charge on any atom is -0.373 e. The first-order chi connectivity index (χ1) is 8.12. The highest BCUT2D eigenvalue weighted by molar-refractivity contribution is 7.90. The second-order valence-electron chi connectivity index (χ2n) is 5.37. The maximum atomic E-state index is 12.0. The Hall–Kier alpha value is -0.170. The third-order valence-corrected chi connectivity index (χ3v) is 6.11. The van der Waals surface area contributed by atoms with E-state index in [9.17, 15) is 8.42 Å². The zero-order valence-corrected chi connectivity index (χ0v) is 10.8. The minimum atomic E-state index is -3.10. The van der Waals surface area contributed by atoms with Crippen LogP contribution in [0.25, 0.3) is 0 Å². The van der Waals surface area contributed by atoms with Crippen LogP contribution in [0.4, 0.5) is 0 Å². The average Bonchev–Trinajstić information content (AvgIpc) is 3.09. The summed E-state index contributed by atoms with van der Waals surface area (Å²) in [6.45, 7) is 2.52. The molecule has 0 aromatic rings. The molecule has 0 radical (unpaired) electrons. The third kappa shape index (κ3) is 2.23. The van der Waals surface area contributed by atoms with Crippen molar-refractivity contribution in [2.75, 3.05) is 19.7 Å². The topological polar surface area (TPSA) is 67.4 Å². The maximum absolute atomic E-state index is 12.0. The van der Waals surface area contributed by atoms with Crippen LogP contribution in [0.5, 0.6) is 0 Å². The summed E-state index contributed by atoms with van der Waals surface area (Å²) in [4.78, 5) is 0. The second kappa shape index (κ2) is 4.19. The van der Waals surface area contributed by atoms with Crippen molar-refractivity contribution in [2.45, 2.75) is 49.0 Å². The molecule has 1 atom stereocenters. The molecule has 5 nitrogen and oxygen atoms in total.